The summed E-state index contributed by atoms with van der Waals surface area (Å²) in [5.41, 5.74) is 4.44. The lowest BCUT2D eigenvalue weighted by atomic mass is 10.1. The minimum absolute atomic E-state index is 0.0216. The van der Waals surface area contributed by atoms with E-state index in [0.717, 1.165) is 20.1 Å². The van der Waals surface area contributed by atoms with E-state index in [0.29, 0.717) is 23.6 Å². The molecule has 3 aromatic rings. The molecule has 0 radical (unpaired) electrons. The molecule has 0 saturated heterocycles. The molecule has 1 amide bonds. The van der Waals surface area contributed by atoms with Crippen LogP contribution in [0.3, 0.4) is 0 Å². The predicted octanol–water partition coefficient (Wildman–Crippen LogP) is 6.95. The Morgan fingerprint density at radius 2 is 1.81 bits per heavy atom. The molecule has 0 bridgehead atoms. The fourth-order valence-corrected chi connectivity index (χ4v) is 4.28. The van der Waals surface area contributed by atoms with Gasteiger partial charge in [-0.2, -0.15) is 5.26 Å². The molecule has 0 aliphatic carbocycles. The number of hydrogen-bond acceptors (Lipinski definition) is 3. The number of hydrogen-bond donors (Lipinski definition) is 1. The average molecular weight is 540 g/mol. The maximum absolute atomic E-state index is 12.7. The molecule has 31 heavy (non-hydrogen) atoms. The number of benzene rings is 3. The molecule has 0 aliphatic rings. The summed E-state index contributed by atoms with van der Waals surface area (Å²) in [4.78, 5) is 12.7. The van der Waals surface area contributed by atoms with E-state index in [1.807, 2.05) is 74.5 Å². The number of carbonyl (C=O) groups is 1. The number of nitriles is 1. The Bertz CT molecular complexity index is 1180. The van der Waals surface area contributed by atoms with Crippen LogP contribution in [0, 0.1) is 25.2 Å². The van der Waals surface area contributed by atoms with E-state index in [2.05, 4.69) is 37.2 Å². The molecular formula is C25H20Br2N2O2. The first kappa shape index (κ1) is 22.8. The minimum atomic E-state index is -0.478. The van der Waals surface area contributed by atoms with E-state index in [-0.39, 0.29) is 5.57 Å². The van der Waals surface area contributed by atoms with E-state index >= 15 is 0 Å². The van der Waals surface area contributed by atoms with Crippen LogP contribution in [0.4, 0.5) is 5.69 Å². The second-order valence-corrected chi connectivity index (χ2v) is 8.84. The van der Waals surface area contributed by atoms with Gasteiger partial charge in [-0.15, -0.1) is 0 Å². The van der Waals surface area contributed by atoms with E-state index in [1.54, 1.807) is 6.07 Å². The van der Waals surface area contributed by atoms with Gasteiger partial charge < -0.3 is 10.1 Å². The Morgan fingerprint density at radius 3 is 2.48 bits per heavy atom. The highest BCUT2D eigenvalue weighted by Crippen LogP contribution is 2.35. The number of nitrogens with one attached hydrogen (secondary N) is 1. The number of halogens is 2. The molecule has 156 valence electrons. The molecule has 0 saturated carbocycles. The second-order valence-electron chi connectivity index (χ2n) is 7.07. The van der Waals surface area contributed by atoms with Crippen molar-refractivity contribution in [3.63, 3.8) is 0 Å². The van der Waals surface area contributed by atoms with Gasteiger partial charge in [-0.1, -0.05) is 57.9 Å². The SMILES string of the molecule is Cc1ccc(COc2c(Br)cc(Br)cc2/C=C(\C#N)C(=O)Nc2cccc(C)c2)cc1. The number of nitrogens with zero attached hydrogens (tertiary/aromatic N) is 1. The van der Waals surface area contributed by atoms with Crippen LogP contribution in [0.1, 0.15) is 22.3 Å². The third-order valence-corrected chi connectivity index (χ3v) is 5.53. The van der Waals surface area contributed by atoms with Crippen molar-refractivity contribution in [3.8, 4) is 11.8 Å². The molecule has 1 N–H and O–H groups in total. The number of ether oxygens (including phenoxy) is 1. The zero-order valence-electron chi connectivity index (χ0n) is 17.1. The quantitative estimate of drug-likeness (QED) is 0.272. The van der Waals surface area contributed by atoms with Crippen LogP contribution in [-0.2, 0) is 11.4 Å². The predicted molar refractivity (Wildman–Crippen MR) is 131 cm³/mol. The van der Waals surface area contributed by atoms with Gasteiger partial charge >= 0.3 is 0 Å². The third kappa shape index (κ3) is 6.30. The summed E-state index contributed by atoms with van der Waals surface area (Å²) >= 11 is 6.99. The molecule has 0 heterocycles. The van der Waals surface area contributed by atoms with Crippen molar-refractivity contribution in [2.45, 2.75) is 20.5 Å². The topological polar surface area (TPSA) is 62.1 Å². The van der Waals surface area contributed by atoms with Crippen molar-refractivity contribution in [2.24, 2.45) is 0 Å². The summed E-state index contributed by atoms with van der Waals surface area (Å²) in [6.45, 7) is 4.33. The maximum Gasteiger partial charge on any atom is 0.266 e. The molecule has 3 aromatic carbocycles. The second kappa shape index (κ2) is 10.4. The Kier molecular flexibility index (Phi) is 7.67. The Hall–Kier alpha value is -2.88. The van der Waals surface area contributed by atoms with Crippen LogP contribution < -0.4 is 10.1 Å². The first-order valence-corrected chi connectivity index (χ1v) is 11.1. The summed E-state index contributed by atoms with van der Waals surface area (Å²) in [7, 11) is 0. The standard InChI is InChI=1S/C25H20Br2N2O2/c1-16-6-8-18(9-7-16)15-31-24-19(12-21(26)13-23(24)27)11-20(14-28)25(30)29-22-5-3-4-17(2)10-22/h3-13H,15H2,1-2H3,(H,29,30)/b20-11+. The highest BCUT2D eigenvalue weighted by Gasteiger charge is 2.14. The first-order valence-electron chi connectivity index (χ1n) is 9.53. The molecule has 4 nitrogen and oxygen atoms in total. The third-order valence-electron chi connectivity index (χ3n) is 4.48. The fourth-order valence-electron chi connectivity index (χ4n) is 2.90. The Labute approximate surface area is 198 Å². The molecule has 0 atom stereocenters. The lowest BCUT2D eigenvalue weighted by molar-refractivity contribution is -0.112. The van der Waals surface area contributed by atoms with E-state index in [4.69, 9.17) is 4.74 Å². The lowest BCUT2D eigenvalue weighted by Crippen LogP contribution is -2.13. The van der Waals surface area contributed by atoms with Gasteiger partial charge in [-0.3, -0.25) is 4.79 Å². The molecule has 0 unspecified atom stereocenters. The van der Waals surface area contributed by atoms with Crippen molar-refractivity contribution in [1.82, 2.24) is 0 Å². The zero-order valence-corrected chi connectivity index (χ0v) is 20.2. The van der Waals surface area contributed by atoms with E-state index in [9.17, 15) is 10.1 Å². The van der Waals surface area contributed by atoms with Gasteiger partial charge in [0.15, 0.2) is 0 Å². The molecule has 0 spiro atoms. The van der Waals surface area contributed by atoms with E-state index < -0.39 is 5.91 Å². The lowest BCUT2D eigenvalue weighted by Gasteiger charge is -2.13. The molecule has 0 aliphatic heterocycles. The van der Waals surface area contributed by atoms with Crippen molar-refractivity contribution in [3.05, 3.63) is 97.4 Å². The Morgan fingerprint density at radius 1 is 1.06 bits per heavy atom. The highest BCUT2D eigenvalue weighted by molar-refractivity contribution is 9.11. The summed E-state index contributed by atoms with van der Waals surface area (Å²) in [6, 6.07) is 21.2. The van der Waals surface area contributed by atoms with Gasteiger partial charge in [0.05, 0.1) is 4.47 Å². The van der Waals surface area contributed by atoms with Crippen LogP contribution >= 0.6 is 31.9 Å². The van der Waals surface area contributed by atoms with Crippen LogP contribution in [-0.4, -0.2) is 5.91 Å². The smallest absolute Gasteiger partial charge is 0.266 e. The summed E-state index contributed by atoms with van der Waals surface area (Å²) < 4.78 is 7.57. The summed E-state index contributed by atoms with van der Waals surface area (Å²) in [6.07, 6.45) is 1.53. The number of amides is 1. The molecule has 3 rings (SSSR count). The Balaban J connectivity index is 1.88. The van der Waals surface area contributed by atoms with Gasteiger partial charge in [0.25, 0.3) is 5.91 Å². The van der Waals surface area contributed by atoms with Gasteiger partial charge in [0.2, 0.25) is 0 Å². The average Bonchev–Trinajstić information content (AvgIpc) is 2.72. The fraction of sp³-hybridized carbons (Fsp3) is 0.120. The van der Waals surface area contributed by atoms with Gasteiger partial charge in [0, 0.05) is 15.7 Å². The van der Waals surface area contributed by atoms with Gasteiger partial charge in [-0.05, 0) is 71.2 Å². The van der Waals surface area contributed by atoms with Crippen molar-refractivity contribution in [2.75, 3.05) is 5.32 Å². The molecular weight excluding hydrogens is 520 g/mol. The normalized spacial score (nSPS) is 11.0. The van der Waals surface area contributed by atoms with Crippen molar-refractivity contribution >= 4 is 49.5 Å². The number of aryl methyl sites for hydroxylation is 2. The van der Waals surface area contributed by atoms with Gasteiger partial charge in [-0.25, -0.2) is 0 Å². The number of anilines is 1. The molecule has 6 heteroatoms. The van der Waals surface area contributed by atoms with Crippen LogP contribution in [0.5, 0.6) is 5.75 Å². The van der Waals surface area contributed by atoms with Crippen LogP contribution in [0.2, 0.25) is 0 Å². The van der Waals surface area contributed by atoms with Crippen LogP contribution in [0.15, 0.2) is 75.2 Å². The summed E-state index contributed by atoms with van der Waals surface area (Å²) in [5, 5.41) is 12.4. The van der Waals surface area contributed by atoms with Crippen molar-refractivity contribution < 1.29 is 9.53 Å². The summed E-state index contributed by atoms with van der Waals surface area (Å²) in [5.74, 6) is 0.0774. The highest BCUT2D eigenvalue weighted by atomic mass is 79.9. The van der Waals surface area contributed by atoms with Crippen LogP contribution in [0.25, 0.3) is 6.08 Å². The zero-order chi connectivity index (χ0) is 22.4. The minimum Gasteiger partial charge on any atom is -0.487 e. The molecule has 0 fully saturated rings. The largest absolute Gasteiger partial charge is 0.487 e. The number of carbonyl (C=O) groups excluding carboxylic acids is 1. The monoisotopic (exact) mass is 538 g/mol. The van der Waals surface area contributed by atoms with Gasteiger partial charge in [0.1, 0.15) is 24.0 Å². The maximum atomic E-state index is 12.7. The molecule has 0 aromatic heterocycles. The first-order chi connectivity index (χ1) is 14.9. The van der Waals surface area contributed by atoms with Crippen molar-refractivity contribution in [1.29, 1.82) is 5.26 Å². The number of rotatable bonds is 6. The van der Waals surface area contributed by atoms with E-state index in [1.165, 1.54) is 11.6 Å².